The lowest BCUT2D eigenvalue weighted by Gasteiger charge is -2.29. The number of anilines is 1. The van der Waals surface area contributed by atoms with Gasteiger partial charge in [-0.1, -0.05) is 17.7 Å². The van der Waals surface area contributed by atoms with Gasteiger partial charge in [-0.3, -0.25) is 5.10 Å². The number of hydrogen-bond acceptors (Lipinski definition) is 4. The fourth-order valence-corrected chi connectivity index (χ4v) is 2.57. The second-order valence-electron chi connectivity index (χ2n) is 4.93. The number of aromatic nitrogens is 3. The zero-order valence-corrected chi connectivity index (χ0v) is 11.6. The molecular weight excluding hydrogens is 281 g/mol. The molecule has 0 spiro atoms. The van der Waals surface area contributed by atoms with E-state index >= 15 is 0 Å². The molecule has 106 valence electrons. The summed E-state index contributed by atoms with van der Waals surface area (Å²) < 4.78 is 13.9. The minimum absolute atomic E-state index is 0.0699. The number of rotatable bonds is 2. The van der Waals surface area contributed by atoms with Crippen molar-refractivity contribution in [2.24, 2.45) is 5.73 Å². The van der Waals surface area contributed by atoms with Crippen LogP contribution in [0.1, 0.15) is 12.8 Å². The Kier molecular flexibility index (Phi) is 3.58. The fraction of sp³-hybridized carbons (Fsp3) is 0.385. The van der Waals surface area contributed by atoms with Crippen molar-refractivity contribution < 1.29 is 4.39 Å². The van der Waals surface area contributed by atoms with Crippen LogP contribution in [-0.4, -0.2) is 34.3 Å². The van der Waals surface area contributed by atoms with Crippen LogP contribution in [0.15, 0.2) is 18.2 Å². The highest BCUT2D eigenvalue weighted by Gasteiger charge is 2.21. The standard InChI is InChI=1S/C13H15ClFN5/c14-10-5-1-4-9(11(10)15)12-17-13(19-18-12)20-6-2-3-8(16)7-20/h1,4-5,8H,2-3,6-7,16H2,(H,17,18,19). The van der Waals surface area contributed by atoms with Gasteiger partial charge in [-0.15, -0.1) is 5.10 Å². The molecule has 0 amide bonds. The zero-order valence-electron chi connectivity index (χ0n) is 10.8. The maximum Gasteiger partial charge on any atom is 0.245 e. The SMILES string of the molecule is NC1CCCN(c2n[nH]c(-c3cccc(Cl)c3F)n2)C1. The molecule has 1 fully saturated rings. The Morgan fingerprint density at radius 2 is 2.30 bits per heavy atom. The fourth-order valence-electron chi connectivity index (χ4n) is 2.39. The molecule has 1 aromatic carbocycles. The van der Waals surface area contributed by atoms with E-state index in [1.54, 1.807) is 12.1 Å². The maximum atomic E-state index is 13.9. The summed E-state index contributed by atoms with van der Waals surface area (Å²) in [6.45, 7) is 1.58. The lowest BCUT2D eigenvalue weighted by molar-refractivity contribution is 0.500. The minimum atomic E-state index is -0.493. The van der Waals surface area contributed by atoms with Gasteiger partial charge < -0.3 is 10.6 Å². The van der Waals surface area contributed by atoms with Gasteiger partial charge in [0.25, 0.3) is 0 Å². The average Bonchev–Trinajstić information content (AvgIpc) is 2.91. The Labute approximate surface area is 120 Å². The van der Waals surface area contributed by atoms with Crippen LogP contribution in [0.4, 0.5) is 10.3 Å². The van der Waals surface area contributed by atoms with Crippen molar-refractivity contribution >= 4 is 17.5 Å². The number of nitrogens with two attached hydrogens (primary N) is 1. The zero-order chi connectivity index (χ0) is 14.1. The van der Waals surface area contributed by atoms with Gasteiger partial charge in [0, 0.05) is 19.1 Å². The lowest BCUT2D eigenvalue weighted by atomic mass is 10.1. The van der Waals surface area contributed by atoms with Crippen molar-refractivity contribution in [1.29, 1.82) is 0 Å². The van der Waals surface area contributed by atoms with Crippen LogP contribution >= 0.6 is 11.6 Å². The second kappa shape index (κ2) is 5.38. The third-order valence-corrected chi connectivity index (χ3v) is 3.71. The van der Waals surface area contributed by atoms with Gasteiger partial charge in [-0.25, -0.2) is 4.39 Å². The molecule has 0 aliphatic carbocycles. The molecule has 1 aliphatic heterocycles. The number of benzene rings is 1. The van der Waals surface area contributed by atoms with Crippen LogP contribution in [-0.2, 0) is 0 Å². The first-order valence-corrected chi connectivity index (χ1v) is 6.90. The van der Waals surface area contributed by atoms with Crippen LogP contribution in [0, 0.1) is 5.82 Å². The Morgan fingerprint density at radius 1 is 1.45 bits per heavy atom. The van der Waals surface area contributed by atoms with Crippen molar-refractivity contribution in [2.75, 3.05) is 18.0 Å². The molecule has 20 heavy (non-hydrogen) atoms. The molecule has 2 aromatic rings. The van der Waals surface area contributed by atoms with E-state index in [2.05, 4.69) is 15.2 Å². The van der Waals surface area contributed by atoms with E-state index in [1.807, 2.05) is 4.90 Å². The van der Waals surface area contributed by atoms with E-state index in [-0.39, 0.29) is 11.1 Å². The molecule has 2 heterocycles. The van der Waals surface area contributed by atoms with Crippen molar-refractivity contribution in [3.8, 4) is 11.4 Å². The molecule has 3 N–H and O–H groups in total. The molecular formula is C13H15ClFN5. The largest absolute Gasteiger partial charge is 0.338 e. The van der Waals surface area contributed by atoms with Crippen LogP contribution in [0.3, 0.4) is 0 Å². The highest BCUT2D eigenvalue weighted by Crippen LogP contribution is 2.26. The third kappa shape index (κ3) is 2.48. The van der Waals surface area contributed by atoms with Gasteiger partial charge >= 0.3 is 0 Å². The first-order chi connectivity index (χ1) is 9.65. The molecule has 3 rings (SSSR count). The highest BCUT2D eigenvalue weighted by molar-refractivity contribution is 6.31. The van der Waals surface area contributed by atoms with Gasteiger partial charge in [0.05, 0.1) is 10.6 Å². The molecule has 1 unspecified atom stereocenters. The summed E-state index contributed by atoms with van der Waals surface area (Å²) in [4.78, 5) is 6.36. The monoisotopic (exact) mass is 295 g/mol. The molecule has 1 saturated heterocycles. The predicted molar refractivity (Wildman–Crippen MR) is 76.2 cm³/mol. The number of H-pyrrole nitrogens is 1. The van der Waals surface area contributed by atoms with Crippen molar-refractivity contribution in [3.05, 3.63) is 29.0 Å². The number of hydrogen-bond donors (Lipinski definition) is 2. The quantitative estimate of drug-likeness (QED) is 0.891. The summed E-state index contributed by atoms with van der Waals surface area (Å²) in [6, 6.07) is 4.93. The number of nitrogens with zero attached hydrogens (tertiary/aromatic N) is 3. The summed E-state index contributed by atoms with van der Waals surface area (Å²) in [5.74, 6) is 0.431. The van der Waals surface area contributed by atoms with Crippen LogP contribution in [0.2, 0.25) is 5.02 Å². The van der Waals surface area contributed by atoms with Gasteiger partial charge in [0.15, 0.2) is 11.6 Å². The van der Waals surface area contributed by atoms with Crippen molar-refractivity contribution in [1.82, 2.24) is 15.2 Å². The van der Waals surface area contributed by atoms with E-state index in [1.165, 1.54) is 6.07 Å². The van der Waals surface area contributed by atoms with Crippen LogP contribution in [0.25, 0.3) is 11.4 Å². The summed E-state index contributed by atoms with van der Waals surface area (Å²) in [5, 5.41) is 6.98. The van der Waals surface area contributed by atoms with E-state index in [4.69, 9.17) is 17.3 Å². The number of aromatic amines is 1. The van der Waals surface area contributed by atoms with E-state index in [0.717, 1.165) is 25.9 Å². The summed E-state index contributed by atoms with van der Waals surface area (Å²) in [7, 11) is 0. The molecule has 0 saturated carbocycles. The van der Waals surface area contributed by atoms with Gasteiger partial charge in [0.1, 0.15) is 0 Å². The second-order valence-corrected chi connectivity index (χ2v) is 5.34. The highest BCUT2D eigenvalue weighted by atomic mass is 35.5. The van der Waals surface area contributed by atoms with E-state index in [9.17, 15) is 4.39 Å². The molecule has 1 aliphatic rings. The summed E-state index contributed by atoms with van der Waals surface area (Å²) in [5.41, 5.74) is 6.26. The van der Waals surface area contributed by atoms with Crippen molar-refractivity contribution in [3.63, 3.8) is 0 Å². The Balaban J connectivity index is 1.88. The first kappa shape index (κ1) is 13.3. The van der Waals surface area contributed by atoms with E-state index < -0.39 is 5.82 Å². The summed E-state index contributed by atoms with van der Waals surface area (Å²) >= 11 is 5.77. The normalized spacial score (nSPS) is 19.4. The van der Waals surface area contributed by atoms with Crippen LogP contribution < -0.4 is 10.6 Å². The Morgan fingerprint density at radius 3 is 3.10 bits per heavy atom. The molecule has 0 radical (unpaired) electrons. The molecule has 1 atom stereocenters. The third-order valence-electron chi connectivity index (χ3n) is 3.42. The van der Waals surface area contributed by atoms with Gasteiger partial charge in [0.2, 0.25) is 5.95 Å². The molecule has 5 nitrogen and oxygen atoms in total. The van der Waals surface area contributed by atoms with Crippen molar-refractivity contribution in [2.45, 2.75) is 18.9 Å². The topological polar surface area (TPSA) is 70.8 Å². The van der Waals surface area contributed by atoms with Crippen LogP contribution in [0.5, 0.6) is 0 Å². The number of halogens is 2. The first-order valence-electron chi connectivity index (χ1n) is 6.52. The minimum Gasteiger partial charge on any atom is -0.338 e. The molecule has 0 bridgehead atoms. The maximum absolute atomic E-state index is 13.9. The number of nitrogens with one attached hydrogen (secondary N) is 1. The van der Waals surface area contributed by atoms with Gasteiger partial charge in [-0.05, 0) is 25.0 Å². The Bertz CT molecular complexity index is 615. The molecule has 1 aromatic heterocycles. The predicted octanol–water partition coefficient (Wildman–Crippen LogP) is 2.19. The summed E-state index contributed by atoms with van der Waals surface area (Å²) in [6.07, 6.45) is 2.02. The molecule has 7 heteroatoms. The Hall–Kier alpha value is -1.66. The van der Waals surface area contributed by atoms with Gasteiger partial charge in [-0.2, -0.15) is 4.98 Å². The smallest absolute Gasteiger partial charge is 0.245 e. The lowest BCUT2D eigenvalue weighted by Crippen LogP contribution is -2.43. The number of piperidine rings is 1. The average molecular weight is 296 g/mol. The van der Waals surface area contributed by atoms with E-state index in [0.29, 0.717) is 17.3 Å².